The molecule has 104 valence electrons. The summed E-state index contributed by atoms with van der Waals surface area (Å²) < 4.78 is 11.3. The van der Waals surface area contributed by atoms with Crippen molar-refractivity contribution in [1.82, 2.24) is 0 Å². The molecule has 0 aromatic heterocycles. The van der Waals surface area contributed by atoms with Crippen LogP contribution in [-0.4, -0.2) is 25.9 Å². The predicted molar refractivity (Wildman–Crippen MR) is 75.9 cm³/mol. The van der Waals surface area contributed by atoms with E-state index in [1.54, 1.807) is 0 Å². The number of halogens is 1. The maximum atomic E-state index is 6.33. The van der Waals surface area contributed by atoms with Crippen LogP contribution in [-0.2, 0) is 10.2 Å². The highest BCUT2D eigenvalue weighted by molar-refractivity contribution is 6.32. The van der Waals surface area contributed by atoms with E-state index in [1.807, 2.05) is 12.1 Å². The monoisotopic (exact) mass is 281 g/mol. The van der Waals surface area contributed by atoms with Crippen LogP contribution in [0.15, 0.2) is 18.2 Å². The molecule has 1 aliphatic heterocycles. The molecule has 1 atom stereocenters. The first-order valence-corrected chi connectivity index (χ1v) is 7.36. The van der Waals surface area contributed by atoms with E-state index in [9.17, 15) is 0 Å². The Hall–Kier alpha value is -0.770. The molecule has 2 fully saturated rings. The predicted octanol–water partition coefficient (Wildman–Crippen LogP) is 2.89. The van der Waals surface area contributed by atoms with Crippen LogP contribution >= 0.6 is 11.6 Å². The van der Waals surface area contributed by atoms with Gasteiger partial charge in [-0.3, -0.25) is 0 Å². The van der Waals surface area contributed by atoms with Gasteiger partial charge in [0.15, 0.2) is 0 Å². The van der Waals surface area contributed by atoms with Crippen molar-refractivity contribution in [2.45, 2.75) is 37.2 Å². The smallest absolute Gasteiger partial charge is 0.138 e. The Kier molecular flexibility index (Phi) is 3.70. The second kappa shape index (κ2) is 5.31. The summed E-state index contributed by atoms with van der Waals surface area (Å²) in [7, 11) is 0. The zero-order valence-corrected chi connectivity index (χ0v) is 11.8. The van der Waals surface area contributed by atoms with Crippen LogP contribution in [0.1, 0.15) is 31.2 Å². The number of hydrogen-bond donors (Lipinski definition) is 1. The minimum Gasteiger partial charge on any atom is -0.486 e. The van der Waals surface area contributed by atoms with Crippen molar-refractivity contribution in [3.8, 4) is 5.75 Å². The van der Waals surface area contributed by atoms with Crippen LogP contribution in [0.2, 0.25) is 5.02 Å². The Morgan fingerprint density at radius 2 is 2.26 bits per heavy atom. The number of rotatable bonds is 4. The standard InChI is InChI=1S/C15H20ClNO2/c16-13-8-11(15(10-17)5-6-15)3-4-14(13)19-12-2-1-7-18-9-12/h3-4,8,12H,1-2,5-7,9-10,17H2. The highest BCUT2D eigenvalue weighted by Gasteiger charge is 2.43. The fraction of sp³-hybridized carbons (Fsp3) is 0.600. The number of benzene rings is 1. The van der Waals surface area contributed by atoms with Gasteiger partial charge in [0, 0.05) is 18.6 Å². The second-order valence-electron chi connectivity index (χ2n) is 5.59. The molecular weight excluding hydrogens is 262 g/mol. The van der Waals surface area contributed by atoms with E-state index < -0.39 is 0 Å². The van der Waals surface area contributed by atoms with Gasteiger partial charge in [-0.1, -0.05) is 17.7 Å². The van der Waals surface area contributed by atoms with Crippen molar-refractivity contribution in [2.75, 3.05) is 19.8 Å². The van der Waals surface area contributed by atoms with E-state index in [0.29, 0.717) is 18.2 Å². The Morgan fingerprint density at radius 3 is 2.84 bits per heavy atom. The largest absolute Gasteiger partial charge is 0.486 e. The molecule has 0 bridgehead atoms. The van der Waals surface area contributed by atoms with E-state index in [2.05, 4.69) is 6.07 Å². The zero-order chi connectivity index (χ0) is 13.3. The van der Waals surface area contributed by atoms with Crippen LogP contribution in [0, 0.1) is 0 Å². The maximum Gasteiger partial charge on any atom is 0.138 e. The van der Waals surface area contributed by atoms with E-state index >= 15 is 0 Å². The van der Waals surface area contributed by atoms with Gasteiger partial charge in [-0.05, 0) is 43.4 Å². The van der Waals surface area contributed by atoms with Gasteiger partial charge < -0.3 is 15.2 Å². The molecule has 1 heterocycles. The van der Waals surface area contributed by atoms with E-state index in [1.165, 1.54) is 5.56 Å². The van der Waals surface area contributed by atoms with E-state index in [-0.39, 0.29) is 11.5 Å². The summed E-state index contributed by atoms with van der Waals surface area (Å²) in [5, 5.41) is 0.683. The van der Waals surface area contributed by atoms with Crippen molar-refractivity contribution >= 4 is 11.6 Å². The van der Waals surface area contributed by atoms with Crippen LogP contribution in [0.4, 0.5) is 0 Å². The molecule has 1 saturated heterocycles. The van der Waals surface area contributed by atoms with Gasteiger partial charge in [-0.25, -0.2) is 0 Å². The first-order valence-electron chi connectivity index (χ1n) is 6.98. The summed E-state index contributed by atoms with van der Waals surface area (Å²) >= 11 is 6.33. The van der Waals surface area contributed by atoms with Gasteiger partial charge in [0.05, 0.1) is 11.6 Å². The van der Waals surface area contributed by atoms with Crippen LogP contribution in [0.25, 0.3) is 0 Å². The number of ether oxygens (including phenoxy) is 2. The quantitative estimate of drug-likeness (QED) is 0.923. The SMILES string of the molecule is NCC1(c2ccc(OC3CCCOC3)c(Cl)c2)CC1. The summed E-state index contributed by atoms with van der Waals surface area (Å²) in [5.74, 6) is 0.758. The van der Waals surface area contributed by atoms with Gasteiger partial charge in [-0.2, -0.15) is 0 Å². The molecule has 2 N–H and O–H groups in total. The molecular formula is C15H20ClNO2. The minimum absolute atomic E-state index is 0.126. The van der Waals surface area contributed by atoms with Gasteiger partial charge >= 0.3 is 0 Å². The van der Waals surface area contributed by atoms with Crippen molar-refractivity contribution in [3.63, 3.8) is 0 Å². The molecule has 0 amide bonds. The molecule has 2 aliphatic rings. The fourth-order valence-corrected chi connectivity index (χ4v) is 2.90. The lowest BCUT2D eigenvalue weighted by Gasteiger charge is -2.24. The maximum absolute atomic E-state index is 6.33. The van der Waals surface area contributed by atoms with Crippen LogP contribution < -0.4 is 10.5 Å². The molecule has 1 aromatic rings. The molecule has 1 saturated carbocycles. The summed E-state index contributed by atoms with van der Waals surface area (Å²) in [5.41, 5.74) is 7.27. The Morgan fingerprint density at radius 1 is 1.42 bits per heavy atom. The topological polar surface area (TPSA) is 44.5 Å². The first kappa shape index (κ1) is 13.2. The van der Waals surface area contributed by atoms with Crippen molar-refractivity contribution in [2.24, 2.45) is 5.73 Å². The highest BCUT2D eigenvalue weighted by atomic mass is 35.5. The van der Waals surface area contributed by atoms with Gasteiger partial charge in [0.2, 0.25) is 0 Å². The number of nitrogens with two attached hydrogens (primary N) is 1. The minimum atomic E-state index is 0.126. The van der Waals surface area contributed by atoms with Crippen LogP contribution in [0.5, 0.6) is 5.75 Å². The Bertz CT molecular complexity index is 453. The average molecular weight is 282 g/mol. The van der Waals surface area contributed by atoms with Crippen molar-refractivity contribution in [1.29, 1.82) is 0 Å². The molecule has 3 nitrogen and oxygen atoms in total. The molecule has 1 aromatic carbocycles. The normalized spacial score (nSPS) is 25.1. The fourth-order valence-electron chi connectivity index (χ4n) is 2.67. The summed E-state index contributed by atoms with van der Waals surface area (Å²) in [6.45, 7) is 2.19. The molecule has 0 spiro atoms. The van der Waals surface area contributed by atoms with Crippen molar-refractivity contribution < 1.29 is 9.47 Å². The molecule has 1 unspecified atom stereocenters. The summed E-state index contributed by atoms with van der Waals surface area (Å²) in [4.78, 5) is 0. The average Bonchev–Trinajstić information content (AvgIpc) is 3.23. The third-order valence-corrected chi connectivity index (χ3v) is 4.50. The van der Waals surface area contributed by atoms with Crippen LogP contribution in [0.3, 0.4) is 0 Å². The molecule has 4 heteroatoms. The summed E-state index contributed by atoms with van der Waals surface area (Å²) in [6, 6.07) is 6.09. The zero-order valence-electron chi connectivity index (χ0n) is 11.0. The lowest BCUT2D eigenvalue weighted by atomic mass is 9.96. The van der Waals surface area contributed by atoms with Gasteiger partial charge in [-0.15, -0.1) is 0 Å². The highest BCUT2D eigenvalue weighted by Crippen LogP contribution is 2.48. The third kappa shape index (κ3) is 2.73. The van der Waals surface area contributed by atoms with Gasteiger partial charge in [0.1, 0.15) is 11.9 Å². The Labute approximate surface area is 119 Å². The van der Waals surface area contributed by atoms with Gasteiger partial charge in [0.25, 0.3) is 0 Å². The molecule has 1 aliphatic carbocycles. The number of hydrogen-bond acceptors (Lipinski definition) is 3. The second-order valence-corrected chi connectivity index (χ2v) is 5.99. The summed E-state index contributed by atoms with van der Waals surface area (Å²) in [6.07, 6.45) is 4.54. The third-order valence-electron chi connectivity index (χ3n) is 4.20. The molecule has 3 rings (SSSR count). The first-order chi connectivity index (χ1) is 9.23. The lowest BCUT2D eigenvalue weighted by Crippen LogP contribution is -2.28. The Balaban J connectivity index is 1.72. The van der Waals surface area contributed by atoms with E-state index in [4.69, 9.17) is 26.8 Å². The van der Waals surface area contributed by atoms with E-state index in [0.717, 1.165) is 38.0 Å². The molecule has 0 radical (unpaired) electrons. The van der Waals surface area contributed by atoms with Crippen molar-refractivity contribution in [3.05, 3.63) is 28.8 Å². The molecule has 19 heavy (non-hydrogen) atoms. The lowest BCUT2D eigenvalue weighted by molar-refractivity contribution is 0.00746.